The normalized spacial score (nSPS) is 10.8. The first-order valence-corrected chi connectivity index (χ1v) is 6.83. The van der Waals surface area contributed by atoms with Crippen molar-refractivity contribution < 1.29 is 4.79 Å². The maximum absolute atomic E-state index is 11.7. The summed E-state index contributed by atoms with van der Waals surface area (Å²) < 4.78 is 0. The second-order valence-corrected chi connectivity index (χ2v) is 4.86. The summed E-state index contributed by atoms with van der Waals surface area (Å²) in [6.07, 6.45) is 0.948. The molecule has 1 rings (SSSR count). The van der Waals surface area contributed by atoms with Crippen LogP contribution in [0.2, 0.25) is 0 Å². The van der Waals surface area contributed by atoms with E-state index in [4.69, 9.17) is 0 Å². The molecule has 0 aromatic heterocycles. The Bertz CT molecular complexity index is 376. The number of hydrogen-bond donors (Lipinski definition) is 2. The van der Waals surface area contributed by atoms with Crippen molar-refractivity contribution in [2.24, 2.45) is 5.92 Å². The number of hydrogen-bond acceptors (Lipinski definition) is 3. The standard InChI is InChI=1S/C15H25N3O.2ClH/c1-13(12-16-2)15(19)17-10-7-11-18(3)14-8-5-4-6-9-14;;/h4-6,8-9,13,16H,7,10-12H2,1-3H3,(H,17,19);2*1H. The average Bonchev–Trinajstić information content (AvgIpc) is 2.44. The predicted octanol–water partition coefficient (Wildman–Crippen LogP) is 2.33. The van der Waals surface area contributed by atoms with Crippen molar-refractivity contribution in [3.05, 3.63) is 30.3 Å². The summed E-state index contributed by atoms with van der Waals surface area (Å²) in [4.78, 5) is 13.9. The molecule has 4 nitrogen and oxygen atoms in total. The molecule has 0 aliphatic heterocycles. The van der Waals surface area contributed by atoms with Crippen molar-refractivity contribution in [3.63, 3.8) is 0 Å². The number of nitrogens with one attached hydrogen (secondary N) is 2. The molecule has 1 amide bonds. The molecule has 0 aliphatic carbocycles. The highest BCUT2D eigenvalue weighted by Crippen LogP contribution is 2.10. The number of carbonyl (C=O) groups excluding carboxylic acids is 1. The van der Waals surface area contributed by atoms with Gasteiger partial charge in [0.15, 0.2) is 0 Å². The molecule has 21 heavy (non-hydrogen) atoms. The first kappa shape index (κ1) is 22.3. The third-order valence-electron chi connectivity index (χ3n) is 3.12. The van der Waals surface area contributed by atoms with E-state index in [1.165, 1.54) is 5.69 Å². The monoisotopic (exact) mass is 335 g/mol. The summed E-state index contributed by atoms with van der Waals surface area (Å²) in [7, 11) is 3.93. The van der Waals surface area contributed by atoms with Crippen LogP contribution in [0.5, 0.6) is 0 Å². The molecule has 122 valence electrons. The Morgan fingerprint density at radius 3 is 2.43 bits per heavy atom. The number of para-hydroxylation sites is 1. The van der Waals surface area contributed by atoms with Crippen molar-refractivity contribution >= 4 is 36.4 Å². The van der Waals surface area contributed by atoms with E-state index in [2.05, 4.69) is 34.7 Å². The highest BCUT2D eigenvalue weighted by atomic mass is 35.5. The summed E-state index contributed by atoms with van der Waals surface area (Å²) in [5.41, 5.74) is 1.21. The molecule has 0 fully saturated rings. The van der Waals surface area contributed by atoms with Crippen LogP contribution in [0.15, 0.2) is 30.3 Å². The number of halogens is 2. The smallest absolute Gasteiger partial charge is 0.224 e. The van der Waals surface area contributed by atoms with E-state index in [0.717, 1.165) is 26.1 Å². The van der Waals surface area contributed by atoms with E-state index in [1.54, 1.807) is 0 Å². The zero-order chi connectivity index (χ0) is 14.1. The van der Waals surface area contributed by atoms with Gasteiger partial charge in [0.1, 0.15) is 0 Å². The van der Waals surface area contributed by atoms with E-state index in [0.29, 0.717) is 0 Å². The van der Waals surface area contributed by atoms with Crippen LogP contribution >= 0.6 is 24.8 Å². The van der Waals surface area contributed by atoms with Crippen molar-refractivity contribution in [1.29, 1.82) is 0 Å². The molecule has 1 unspecified atom stereocenters. The predicted molar refractivity (Wildman–Crippen MR) is 94.9 cm³/mol. The van der Waals surface area contributed by atoms with Gasteiger partial charge >= 0.3 is 0 Å². The summed E-state index contributed by atoms with van der Waals surface area (Å²) in [6.45, 7) is 4.31. The van der Waals surface area contributed by atoms with Gasteiger partial charge in [0.05, 0.1) is 0 Å². The molecule has 0 aliphatic rings. The van der Waals surface area contributed by atoms with E-state index in [1.807, 2.05) is 32.2 Å². The lowest BCUT2D eigenvalue weighted by Crippen LogP contribution is -2.35. The van der Waals surface area contributed by atoms with Gasteiger partial charge in [0.2, 0.25) is 5.91 Å². The Morgan fingerprint density at radius 1 is 1.24 bits per heavy atom. The summed E-state index contributed by atoms with van der Waals surface area (Å²) in [6, 6.07) is 10.3. The second-order valence-electron chi connectivity index (χ2n) is 4.86. The Hall–Kier alpha value is -0.970. The zero-order valence-electron chi connectivity index (χ0n) is 13.0. The van der Waals surface area contributed by atoms with Crippen LogP contribution in [0.25, 0.3) is 0 Å². The van der Waals surface area contributed by atoms with Crippen LogP contribution in [0.4, 0.5) is 5.69 Å². The zero-order valence-corrected chi connectivity index (χ0v) is 14.6. The maximum Gasteiger partial charge on any atom is 0.224 e. The molecular formula is C15H27Cl2N3O. The number of nitrogens with zero attached hydrogens (tertiary/aromatic N) is 1. The SMILES string of the molecule is CNCC(C)C(=O)NCCCN(C)c1ccccc1.Cl.Cl. The van der Waals surface area contributed by atoms with Crippen molar-refractivity contribution in [2.45, 2.75) is 13.3 Å². The first-order chi connectivity index (χ1) is 9.15. The molecule has 0 bridgehead atoms. The van der Waals surface area contributed by atoms with Crippen LogP contribution in [0.3, 0.4) is 0 Å². The number of rotatable bonds is 8. The largest absolute Gasteiger partial charge is 0.375 e. The highest BCUT2D eigenvalue weighted by Gasteiger charge is 2.10. The quantitative estimate of drug-likeness (QED) is 0.716. The minimum absolute atomic E-state index is 0. The molecule has 0 heterocycles. The van der Waals surface area contributed by atoms with Crippen LogP contribution < -0.4 is 15.5 Å². The number of anilines is 1. The van der Waals surface area contributed by atoms with E-state index in [-0.39, 0.29) is 36.6 Å². The molecule has 0 saturated carbocycles. The Kier molecular flexibility index (Phi) is 13.5. The molecule has 1 aromatic rings. The maximum atomic E-state index is 11.7. The van der Waals surface area contributed by atoms with Gasteiger partial charge < -0.3 is 15.5 Å². The minimum atomic E-state index is 0. The van der Waals surface area contributed by atoms with Crippen molar-refractivity contribution in [3.8, 4) is 0 Å². The molecule has 1 aromatic carbocycles. The molecule has 2 N–H and O–H groups in total. The fourth-order valence-electron chi connectivity index (χ4n) is 1.91. The number of carbonyl (C=O) groups is 1. The molecule has 0 radical (unpaired) electrons. The lowest BCUT2D eigenvalue weighted by Gasteiger charge is -2.19. The third-order valence-corrected chi connectivity index (χ3v) is 3.12. The minimum Gasteiger partial charge on any atom is -0.375 e. The number of benzene rings is 1. The lowest BCUT2D eigenvalue weighted by molar-refractivity contribution is -0.124. The third kappa shape index (κ3) is 8.81. The second kappa shape index (κ2) is 12.7. The Morgan fingerprint density at radius 2 is 1.86 bits per heavy atom. The van der Waals surface area contributed by atoms with Crippen LogP contribution in [-0.4, -0.2) is 39.6 Å². The van der Waals surface area contributed by atoms with E-state index in [9.17, 15) is 4.79 Å². The Balaban J connectivity index is 0. The molecule has 0 spiro atoms. The molecule has 0 saturated heterocycles. The van der Waals surface area contributed by atoms with Crippen LogP contribution in [0.1, 0.15) is 13.3 Å². The van der Waals surface area contributed by atoms with Gasteiger partial charge in [0.25, 0.3) is 0 Å². The average molecular weight is 336 g/mol. The molecular weight excluding hydrogens is 309 g/mol. The fraction of sp³-hybridized carbons (Fsp3) is 0.533. The highest BCUT2D eigenvalue weighted by molar-refractivity contribution is 5.85. The van der Waals surface area contributed by atoms with Gasteiger partial charge in [-0.3, -0.25) is 4.79 Å². The van der Waals surface area contributed by atoms with Crippen LogP contribution in [-0.2, 0) is 4.79 Å². The van der Waals surface area contributed by atoms with Gasteiger partial charge in [-0.05, 0) is 25.6 Å². The molecule has 6 heteroatoms. The van der Waals surface area contributed by atoms with Gasteiger partial charge in [-0.1, -0.05) is 25.1 Å². The van der Waals surface area contributed by atoms with E-state index < -0.39 is 0 Å². The van der Waals surface area contributed by atoms with Crippen LogP contribution in [0, 0.1) is 5.92 Å². The number of amides is 1. The summed E-state index contributed by atoms with van der Waals surface area (Å²) >= 11 is 0. The van der Waals surface area contributed by atoms with Gasteiger partial charge in [-0.25, -0.2) is 0 Å². The Labute approximate surface area is 140 Å². The summed E-state index contributed by atoms with van der Waals surface area (Å²) in [5.74, 6) is 0.147. The lowest BCUT2D eigenvalue weighted by atomic mass is 10.1. The topological polar surface area (TPSA) is 44.4 Å². The van der Waals surface area contributed by atoms with Gasteiger partial charge in [-0.15, -0.1) is 24.8 Å². The summed E-state index contributed by atoms with van der Waals surface area (Å²) in [5, 5.41) is 5.98. The van der Waals surface area contributed by atoms with Gasteiger partial charge in [0, 0.05) is 38.3 Å². The van der Waals surface area contributed by atoms with Gasteiger partial charge in [-0.2, -0.15) is 0 Å². The first-order valence-electron chi connectivity index (χ1n) is 6.83. The van der Waals surface area contributed by atoms with Crippen molar-refractivity contribution in [1.82, 2.24) is 10.6 Å². The van der Waals surface area contributed by atoms with E-state index >= 15 is 0 Å². The van der Waals surface area contributed by atoms with Crippen molar-refractivity contribution in [2.75, 3.05) is 38.6 Å². The molecule has 1 atom stereocenters. The fourth-order valence-corrected chi connectivity index (χ4v) is 1.91.